The van der Waals surface area contributed by atoms with Crippen molar-refractivity contribution < 1.29 is 9.59 Å². The van der Waals surface area contributed by atoms with Crippen molar-refractivity contribution >= 4 is 11.8 Å². The molecule has 6 nitrogen and oxygen atoms in total. The van der Waals surface area contributed by atoms with E-state index in [4.69, 9.17) is 0 Å². The first-order chi connectivity index (χ1) is 10.6. The predicted octanol–water partition coefficient (Wildman–Crippen LogP) is 0.506. The highest BCUT2D eigenvalue weighted by molar-refractivity contribution is 5.94. The van der Waals surface area contributed by atoms with Crippen LogP contribution in [-0.4, -0.2) is 65.4 Å². The van der Waals surface area contributed by atoms with Crippen LogP contribution in [0.5, 0.6) is 0 Å². The number of amides is 2. The molecule has 2 saturated heterocycles. The van der Waals surface area contributed by atoms with Crippen LogP contribution in [0.25, 0.3) is 0 Å². The zero-order chi connectivity index (χ0) is 15.5. The van der Waals surface area contributed by atoms with Crippen LogP contribution in [0.1, 0.15) is 29.6 Å². The van der Waals surface area contributed by atoms with Gasteiger partial charge in [0.15, 0.2) is 0 Å². The third-order valence-electron chi connectivity index (χ3n) is 4.57. The highest BCUT2D eigenvalue weighted by Crippen LogP contribution is 2.20. The van der Waals surface area contributed by atoms with E-state index in [1.165, 1.54) is 0 Å². The van der Waals surface area contributed by atoms with E-state index >= 15 is 0 Å². The molecule has 2 aliphatic heterocycles. The van der Waals surface area contributed by atoms with Crippen LogP contribution in [0.2, 0.25) is 0 Å². The fourth-order valence-corrected chi connectivity index (χ4v) is 3.32. The van der Waals surface area contributed by atoms with Gasteiger partial charge in [0.25, 0.3) is 5.91 Å². The molecule has 0 aliphatic carbocycles. The maximum Gasteiger partial charge on any atom is 0.251 e. The number of aromatic nitrogens is 1. The second-order valence-corrected chi connectivity index (χ2v) is 6.11. The SMILES string of the molecule is CN1CCC(N2CCCC(NC(=O)c3ccncc3)C2)C1=O. The number of pyridine rings is 1. The molecule has 0 saturated carbocycles. The summed E-state index contributed by atoms with van der Waals surface area (Å²) in [6.07, 6.45) is 6.10. The molecule has 1 aromatic heterocycles. The zero-order valence-electron chi connectivity index (χ0n) is 12.9. The molecule has 6 heteroatoms. The van der Waals surface area contributed by atoms with Crippen LogP contribution < -0.4 is 5.32 Å². The summed E-state index contributed by atoms with van der Waals surface area (Å²) in [5.74, 6) is 0.144. The van der Waals surface area contributed by atoms with E-state index in [0.717, 1.165) is 38.9 Å². The third kappa shape index (κ3) is 3.11. The van der Waals surface area contributed by atoms with Crippen LogP contribution in [0.3, 0.4) is 0 Å². The lowest BCUT2D eigenvalue weighted by Crippen LogP contribution is -2.52. The maximum absolute atomic E-state index is 12.2. The summed E-state index contributed by atoms with van der Waals surface area (Å²) in [4.78, 5) is 32.3. The molecule has 0 bridgehead atoms. The Morgan fingerprint density at radius 3 is 2.73 bits per heavy atom. The molecule has 0 spiro atoms. The van der Waals surface area contributed by atoms with Crippen LogP contribution in [-0.2, 0) is 4.79 Å². The molecular weight excluding hydrogens is 280 g/mol. The molecule has 0 radical (unpaired) electrons. The number of hydrogen-bond donors (Lipinski definition) is 1. The number of nitrogens with one attached hydrogen (secondary N) is 1. The van der Waals surface area contributed by atoms with Crippen molar-refractivity contribution in [3.05, 3.63) is 30.1 Å². The number of rotatable bonds is 3. The molecule has 2 fully saturated rings. The Balaban J connectivity index is 1.59. The lowest BCUT2D eigenvalue weighted by atomic mass is 10.0. The Kier molecular flexibility index (Phi) is 4.38. The molecule has 118 valence electrons. The van der Waals surface area contributed by atoms with E-state index < -0.39 is 0 Å². The fraction of sp³-hybridized carbons (Fsp3) is 0.562. The van der Waals surface area contributed by atoms with E-state index in [-0.39, 0.29) is 23.9 Å². The van der Waals surface area contributed by atoms with E-state index in [9.17, 15) is 9.59 Å². The summed E-state index contributed by atoms with van der Waals surface area (Å²) in [6.45, 7) is 2.51. The standard InChI is InChI=1S/C16H22N4O2/c1-19-10-6-14(16(19)22)20-9-2-3-13(11-20)18-15(21)12-4-7-17-8-5-12/h4-5,7-8,13-14H,2-3,6,9-11H2,1H3,(H,18,21). The maximum atomic E-state index is 12.2. The van der Waals surface area contributed by atoms with Gasteiger partial charge in [0.05, 0.1) is 6.04 Å². The first-order valence-electron chi connectivity index (χ1n) is 7.85. The minimum absolute atomic E-state index is 0.00868. The number of likely N-dealkylation sites (N-methyl/N-ethyl adjacent to an activating group) is 1. The van der Waals surface area contributed by atoms with Crippen LogP contribution in [0, 0.1) is 0 Å². The number of piperidine rings is 1. The molecular formula is C16H22N4O2. The Bertz CT molecular complexity index is 548. The fourth-order valence-electron chi connectivity index (χ4n) is 3.32. The Labute approximate surface area is 130 Å². The summed E-state index contributed by atoms with van der Waals surface area (Å²) in [5, 5.41) is 3.08. The topological polar surface area (TPSA) is 65.5 Å². The zero-order valence-corrected chi connectivity index (χ0v) is 12.9. The first-order valence-corrected chi connectivity index (χ1v) is 7.85. The van der Waals surface area contributed by atoms with Crippen molar-refractivity contribution in [2.75, 3.05) is 26.7 Å². The van der Waals surface area contributed by atoms with Gasteiger partial charge in [0.1, 0.15) is 0 Å². The second kappa shape index (κ2) is 6.44. The van der Waals surface area contributed by atoms with Gasteiger partial charge >= 0.3 is 0 Å². The second-order valence-electron chi connectivity index (χ2n) is 6.11. The van der Waals surface area contributed by atoms with Crippen LogP contribution in [0.15, 0.2) is 24.5 Å². The van der Waals surface area contributed by atoms with Gasteiger partial charge in [-0.2, -0.15) is 0 Å². The summed E-state index contributed by atoms with van der Waals surface area (Å²) in [5.41, 5.74) is 0.629. The van der Waals surface area contributed by atoms with Crippen LogP contribution >= 0.6 is 0 Å². The van der Waals surface area contributed by atoms with E-state index in [0.29, 0.717) is 5.56 Å². The van der Waals surface area contributed by atoms with Crippen LogP contribution in [0.4, 0.5) is 0 Å². The van der Waals surface area contributed by atoms with Crippen molar-refractivity contribution in [2.24, 2.45) is 0 Å². The van der Waals surface area contributed by atoms with Crippen molar-refractivity contribution in [1.29, 1.82) is 0 Å². The van der Waals surface area contributed by atoms with E-state index in [1.807, 2.05) is 7.05 Å². The minimum Gasteiger partial charge on any atom is -0.348 e. The van der Waals surface area contributed by atoms with Crippen molar-refractivity contribution in [1.82, 2.24) is 20.1 Å². The van der Waals surface area contributed by atoms with Crippen molar-refractivity contribution in [3.63, 3.8) is 0 Å². The Morgan fingerprint density at radius 1 is 1.27 bits per heavy atom. The normalized spacial score (nSPS) is 26.2. The molecule has 1 aromatic rings. The van der Waals surface area contributed by atoms with Gasteiger partial charge in [0.2, 0.25) is 5.91 Å². The van der Waals surface area contributed by atoms with Crippen molar-refractivity contribution in [2.45, 2.75) is 31.3 Å². The average molecular weight is 302 g/mol. The lowest BCUT2D eigenvalue weighted by molar-refractivity contribution is -0.131. The molecule has 2 unspecified atom stereocenters. The molecule has 22 heavy (non-hydrogen) atoms. The summed E-state index contributed by atoms with van der Waals surface area (Å²) in [6, 6.07) is 3.52. The average Bonchev–Trinajstić information content (AvgIpc) is 2.88. The molecule has 1 N–H and O–H groups in total. The molecule has 0 aromatic carbocycles. The molecule has 2 aliphatic rings. The van der Waals surface area contributed by atoms with Gasteiger partial charge in [-0.1, -0.05) is 0 Å². The van der Waals surface area contributed by atoms with Gasteiger partial charge < -0.3 is 10.2 Å². The monoisotopic (exact) mass is 302 g/mol. The molecule has 3 rings (SSSR count). The Hall–Kier alpha value is -1.95. The number of nitrogens with zero attached hydrogens (tertiary/aromatic N) is 3. The number of hydrogen-bond acceptors (Lipinski definition) is 4. The van der Waals surface area contributed by atoms with Crippen molar-refractivity contribution in [3.8, 4) is 0 Å². The lowest BCUT2D eigenvalue weighted by Gasteiger charge is -2.36. The first kappa shape index (κ1) is 15.0. The van der Waals surface area contributed by atoms with Gasteiger partial charge in [-0.15, -0.1) is 0 Å². The largest absolute Gasteiger partial charge is 0.348 e. The third-order valence-corrected chi connectivity index (χ3v) is 4.57. The highest BCUT2D eigenvalue weighted by Gasteiger charge is 2.36. The molecule has 2 amide bonds. The molecule has 3 heterocycles. The summed E-state index contributed by atoms with van der Waals surface area (Å²) < 4.78 is 0. The van der Waals surface area contributed by atoms with Gasteiger partial charge in [-0.05, 0) is 37.9 Å². The Morgan fingerprint density at radius 2 is 2.05 bits per heavy atom. The smallest absolute Gasteiger partial charge is 0.251 e. The minimum atomic E-state index is -0.0656. The quantitative estimate of drug-likeness (QED) is 0.883. The van der Waals surface area contributed by atoms with E-state index in [2.05, 4.69) is 15.2 Å². The van der Waals surface area contributed by atoms with Gasteiger partial charge in [0, 0.05) is 44.1 Å². The number of carbonyl (C=O) groups is 2. The van der Waals surface area contributed by atoms with E-state index in [1.54, 1.807) is 29.4 Å². The predicted molar refractivity (Wildman–Crippen MR) is 82.3 cm³/mol. The highest BCUT2D eigenvalue weighted by atomic mass is 16.2. The van der Waals surface area contributed by atoms with Gasteiger partial charge in [-0.3, -0.25) is 19.5 Å². The summed E-state index contributed by atoms with van der Waals surface area (Å²) in [7, 11) is 1.86. The number of carbonyl (C=O) groups excluding carboxylic acids is 2. The number of likely N-dealkylation sites (tertiary alicyclic amines) is 2. The molecule has 2 atom stereocenters. The summed E-state index contributed by atoms with van der Waals surface area (Å²) >= 11 is 0. The van der Waals surface area contributed by atoms with Gasteiger partial charge in [-0.25, -0.2) is 0 Å².